The van der Waals surface area contributed by atoms with E-state index >= 15 is 0 Å². The zero-order chi connectivity index (χ0) is 19.2. The van der Waals surface area contributed by atoms with Crippen LogP contribution in [-0.4, -0.2) is 39.8 Å². The summed E-state index contributed by atoms with van der Waals surface area (Å²) in [7, 11) is 0. The van der Waals surface area contributed by atoms with Crippen LogP contribution in [0.3, 0.4) is 0 Å². The van der Waals surface area contributed by atoms with Gasteiger partial charge >= 0.3 is 0 Å². The summed E-state index contributed by atoms with van der Waals surface area (Å²) in [6.45, 7) is 2.84. The van der Waals surface area contributed by atoms with E-state index in [0.717, 1.165) is 49.4 Å². The van der Waals surface area contributed by atoms with Crippen LogP contribution in [0.5, 0.6) is 5.75 Å². The summed E-state index contributed by atoms with van der Waals surface area (Å²) < 4.78 is 5.86. The Kier molecular flexibility index (Phi) is 5.87. The van der Waals surface area contributed by atoms with Crippen molar-refractivity contribution in [2.45, 2.75) is 31.7 Å². The average Bonchev–Trinajstić information content (AvgIpc) is 3.22. The number of nitrogen functional groups attached to an aromatic ring is 1. The number of benzene rings is 1. The van der Waals surface area contributed by atoms with Crippen molar-refractivity contribution in [1.29, 1.82) is 0 Å². The van der Waals surface area contributed by atoms with Gasteiger partial charge in [-0.05, 0) is 55.6 Å². The fraction of sp³-hybridized carbons (Fsp3) is 0.364. The van der Waals surface area contributed by atoms with E-state index in [0.29, 0.717) is 11.9 Å². The number of rotatable bonds is 7. The number of nitrogens with zero attached hydrogens (tertiary/aromatic N) is 3. The molecule has 1 fully saturated rings. The summed E-state index contributed by atoms with van der Waals surface area (Å²) in [6, 6.07) is 14.3. The van der Waals surface area contributed by atoms with E-state index in [1.54, 1.807) is 6.20 Å². The number of hydrogen-bond acceptors (Lipinski definition) is 5. The number of pyridine rings is 1. The molecule has 6 heteroatoms. The number of piperidine rings is 1. The first kappa shape index (κ1) is 18.5. The molecule has 1 aromatic carbocycles. The number of aromatic nitrogens is 3. The Hall–Kier alpha value is -2.86. The number of anilines is 1. The lowest BCUT2D eigenvalue weighted by Crippen LogP contribution is -2.35. The van der Waals surface area contributed by atoms with Crippen LogP contribution in [-0.2, 0) is 0 Å². The van der Waals surface area contributed by atoms with E-state index in [2.05, 4.69) is 20.1 Å². The zero-order valence-electron chi connectivity index (χ0n) is 16.1. The number of nitrogens with one attached hydrogen (secondary N) is 1. The molecule has 1 saturated heterocycles. The van der Waals surface area contributed by atoms with Gasteiger partial charge in [0.2, 0.25) is 0 Å². The Morgan fingerprint density at radius 3 is 2.93 bits per heavy atom. The predicted octanol–water partition coefficient (Wildman–Crippen LogP) is 4.05. The molecule has 0 aliphatic carbocycles. The molecule has 3 aromatic rings. The standard InChI is InChI=1S/C22H27N5O/c23-21-15-17(10-11-24-21)19-16-25-26-22(19)20-9-4-5-12-27(20)13-6-14-28-18-7-2-1-3-8-18/h1-3,7-8,10-11,15-16,20H,4-6,9,12-14H2,(H2,23,24)(H,25,26)/t20-/m0/s1. The van der Waals surface area contributed by atoms with E-state index in [9.17, 15) is 0 Å². The lowest BCUT2D eigenvalue weighted by Gasteiger charge is -2.35. The molecule has 28 heavy (non-hydrogen) atoms. The van der Waals surface area contributed by atoms with E-state index in [-0.39, 0.29) is 0 Å². The normalized spacial score (nSPS) is 17.5. The van der Waals surface area contributed by atoms with Gasteiger partial charge in [-0.15, -0.1) is 0 Å². The van der Waals surface area contributed by atoms with Gasteiger partial charge in [0.15, 0.2) is 0 Å². The third-order valence-electron chi connectivity index (χ3n) is 5.31. The van der Waals surface area contributed by atoms with Gasteiger partial charge in [0.1, 0.15) is 11.6 Å². The first-order valence-corrected chi connectivity index (χ1v) is 9.98. The van der Waals surface area contributed by atoms with Crippen molar-refractivity contribution in [2.75, 3.05) is 25.4 Å². The molecule has 3 heterocycles. The second-order valence-corrected chi connectivity index (χ2v) is 7.23. The molecule has 0 radical (unpaired) electrons. The summed E-state index contributed by atoms with van der Waals surface area (Å²) in [4.78, 5) is 6.66. The molecule has 6 nitrogen and oxygen atoms in total. The summed E-state index contributed by atoms with van der Waals surface area (Å²) in [5, 5.41) is 7.59. The number of ether oxygens (including phenoxy) is 1. The highest BCUT2D eigenvalue weighted by Gasteiger charge is 2.27. The van der Waals surface area contributed by atoms with Crippen LogP contribution in [0.4, 0.5) is 5.82 Å². The molecule has 0 saturated carbocycles. The van der Waals surface area contributed by atoms with Gasteiger partial charge in [-0.25, -0.2) is 4.98 Å². The van der Waals surface area contributed by atoms with Gasteiger partial charge in [-0.1, -0.05) is 24.6 Å². The molecule has 1 aliphatic rings. The Morgan fingerprint density at radius 2 is 2.07 bits per heavy atom. The number of H-pyrrole nitrogens is 1. The maximum absolute atomic E-state index is 5.88. The lowest BCUT2D eigenvalue weighted by molar-refractivity contribution is 0.135. The fourth-order valence-corrected chi connectivity index (χ4v) is 3.96. The predicted molar refractivity (Wildman–Crippen MR) is 111 cm³/mol. The average molecular weight is 377 g/mol. The van der Waals surface area contributed by atoms with Crippen LogP contribution in [0.2, 0.25) is 0 Å². The number of likely N-dealkylation sites (tertiary alicyclic amines) is 1. The molecule has 1 atom stereocenters. The number of aromatic amines is 1. The SMILES string of the molecule is Nc1cc(-c2cn[nH]c2[C@@H]2CCCCN2CCCOc2ccccc2)ccn1. The third kappa shape index (κ3) is 4.34. The highest BCUT2D eigenvalue weighted by molar-refractivity contribution is 5.67. The first-order chi connectivity index (χ1) is 13.8. The molecular weight excluding hydrogens is 350 g/mol. The minimum Gasteiger partial charge on any atom is -0.494 e. The van der Waals surface area contributed by atoms with Crippen LogP contribution in [0.1, 0.15) is 37.4 Å². The Balaban J connectivity index is 1.42. The molecule has 4 rings (SSSR count). The van der Waals surface area contributed by atoms with Crippen LogP contribution < -0.4 is 10.5 Å². The van der Waals surface area contributed by atoms with Gasteiger partial charge in [0, 0.05) is 18.3 Å². The van der Waals surface area contributed by atoms with Gasteiger partial charge in [0.05, 0.1) is 24.5 Å². The molecule has 0 amide bonds. The van der Waals surface area contributed by atoms with Gasteiger partial charge < -0.3 is 10.5 Å². The van der Waals surface area contributed by atoms with Crippen molar-refractivity contribution in [1.82, 2.24) is 20.1 Å². The summed E-state index contributed by atoms with van der Waals surface area (Å²) >= 11 is 0. The summed E-state index contributed by atoms with van der Waals surface area (Å²) in [5.41, 5.74) is 9.24. The molecule has 0 unspecified atom stereocenters. The molecule has 1 aliphatic heterocycles. The van der Waals surface area contributed by atoms with Crippen molar-refractivity contribution in [3.63, 3.8) is 0 Å². The monoisotopic (exact) mass is 377 g/mol. The van der Waals surface area contributed by atoms with E-state index < -0.39 is 0 Å². The molecule has 0 bridgehead atoms. The van der Waals surface area contributed by atoms with Crippen molar-refractivity contribution in [3.8, 4) is 16.9 Å². The van der Waals surface area contributed by atoms with Crippen molar-refractivity contribution >= 4 is 5.82 Å². The molecule has 0 spiro atoms. The third-order valence-corrected chi connectivity index (χ3v) is 5.31. The fourth-order valence-electron chi connectivity index (χ4n) is 3.96. The van der Waals surface area contributed by atoms with Gasteiger partial charge in [-0.2, -0.15) is 5.10 Å². The van der Waals surface area contributed by atoms with E-state index in [1.165, 1.54) is 18.5 Å². The van der Waals surface area contributed by atoms with Crippen LogP contribution in [0.25, 0.3) is 11.1 Å². The minimum absolute atomic E-state index is 0.345. The Labute approximate surface area is 165 Å². The van der Waals surface area contributed by atoms with Crippen molar-refractivity contribution in [2.24, 2.45) is 0 Å². The van der Waals surface area contributed by atoms with E-state index in [4.69, 9.17) is 10.5 Å². The highest BCUT2D eigenvalue weighted by Crippen LogP contribution is 2.35. The quantitative estimate of drug-likeness (QED) is 0.607. The van der Waals surface area contributed by atoms with Crippen LogP contribution >= 0.6 is 0 Å². The second kappa shape index (κ2) is 8.89. The van der Waals surface area contributed by atoms with Crippen LogP contribution in [0, 0.1) is 0 Å². The van der Waals surface area contributed by atoms with Gasteiger partial charge in [-0.3, -0.25) is 10.00 Å². The maximum Gasteiger partial charge on any atom is 0.123 e. The zero-order valence-corrected chi connectivity index (χ0v) is 16.1. The Morgan fingerprint density at radius 1 is 1.18 bits per heavy atom. The van der Waals surface area contributed by atoms with E-state index in [1.807, 2.05) is 48.7 Å². The largest absolute Gasteiger partial charge is 0.494 e. The molecule has 2 aromatic heterocycles. The van der Waals surface area contributed by atoms with Crippen LogP contribution in [0.15, 0.2) is 54.9 Å². The lowest BCUT2D eigenvalue weighted by atomic mass is 9.94. The smallest absolute Gasteiger partial charge is 0.123 e. The second-order valence-electron chi connectivity index (χ2n) is 7.23. The maximum atomic E-state index is 5.88. The Bertz CT molecular complexity index is 879. The molecule has 146 valence electrons. The topological polar surface area (TPSA) is 80.1 Å². The first-order valence-electron chi connectivity index (χ1n) is 9.98. The minimum atomic E-state index is 0.345. The van der Waals surface area contributed by atoms with Crippen molar-refractivity contribution in [3.05, 3.63) is 60.6 Å². The summed E-state index contributed by atoms with van der Waals surface area (Å²) in [6.07, 6.45) is 8.25. The highest BCUT2D eigenvalue weighted by atomic mass is 16.5. The number of nitrogens with two attached hydrogens (primary N) is 1. The number of hydrogen-bond donors (Lipinski definition) is 2. The number of para-hydroxylation sites is 1. The molecular formula is C22H27N5O. The summed E-state index contributed by atoms with van der Waals surface area (Å²) in [5.74, 6) is 1.46. The molecule has 3 N–H and O–H groups in total. The van der Waals surface area contributed by atoms with Crippen molar-refractivity contribution < 1.29 is 4.74 Å². The van der Waals surface area contributed by atoms with Gasteiger partial charge in [0.25, 0.3) is 0 Å².